The fourth-order valence-corrected chi connectivity index (χ4v) is 10.2. The second-order valence-corrected chi connectivity index (χ2v) is 24.6. The van der Waals surface area contributed by atoms with Gasteiger partial charge in [-0.1, -0.05) is 260 Å². The number of amides is 1. The Hall–Kier alpha value is -2.10. The molecule has 0 aliphatic heterocycles. The van der Waals surface area contributed by atoms with Gasteiger partial charge in [0.15, 0.2) is 0 Å². The fraction of sp³-hybridized carbons (Fsp3) is 0.806. The van der Waals surface area contributed by atoms with Crippen LogP contribution in [0.15, 0.2) is 72.9 Å². The molecule has 0 aromatic heterocycles. The molecule has 450 valence electrons. The van der Waals surface area contributed by atoms with Crippen LogP contribution in [0.4, 0.5) is 0 Å². The van der Waals surface area contributed by atoms with Crippen molar-refractivity contribution in [3.8, 4) is 0 Å². The van der Waals surface area contributed by atoms with E-state index in [4.69, 9.17) is 9.05 Å². The molecule has 10 heteroatoms. The van der Waals surface area contributed by atoms with E-state index in [9.17, 15) is 24.5 Å². The molecule has 9 nitrogen and oxygen atoms in total. The molecule has 1 amide bonds. The average Bonchev–Trinajstić information content (AvgIpc) is 3.39. The minimum Gasteiger partial charge on any atom is -0.756 e. The Bertz CT molecular complexity index is 1500. The highest BCUT2D eigenvalue weighted by Gasteiger charge is 2.29. The van der Waals surface area contributed by atoms with Gasteiger partial charge >= 0.3 is 0 Å². The van der Waals surface area contributed by atoms with Gasteiger partial charge in [0.2, 0.25) is 5.91 Å². The van der Waals surface area contributed by atoms with Crippen LogP contribution in [0.1, 0.15) is 290 Å². The summed E-state index contributed by atoms with van der Waals surface area (Å²) in [5, 5.41) is 24.7. The van der Waals surface area contributed by atoms with Gasteiger partial charge in [-0.3, -0.25) is 9.36 Å². The molecule has 0 bridgehead atoms. The van der Waals surface area contributed by atoms with Crippen molar-refractivity contribution in [1.29, 1.82) is 0 Å². The zero-order valence-electron chi connectivity index (χ0n) is 51.0. The highest BCUT2D eigenvalue weighted by Crippen LogP contribution is 2.38. The lowest BCUT2D eigenvalue weighted by Crippen LogP contribution is -2.51. The highest BCUT2D eigenvalue weighted by atomic mass is 31.2. The van der Waals surface area contributed by atoms with Crippen molar-refractivity contribution in [3.05, 3.63) is 72.9 Å². The summed E-state index contributed by atoms with van der Waals surface area (Å²) < 4.78 is 23.2. The summed E-state index contributed by atoms with van der Waals surface area (Å²) in [6.07, 6.45) is 76.1. The summed E-state index contributed by atoms with van der Waals surface area (Å²) in [5.41, 5.74) is 0. The lowest BCUT2D eigenvalue weighted by molar-refractivity contribution is -0.870. The minimum absolute atomic E-state index is 0.0508. The van der Waals surface area contributed by atoms with E-state index in [1.807, 2.05) is 28.1 Å². The number of likely N-dealkylation sites (N-methyl/N-ethyl adjacent to an activating group) is 1. The van der Waals surface area contributed by atoms with Gasteiger partial charge in [0, 0.05) is 6.42 Å². The Labute approximate surface area is 477 Å². The minimum atomic E-state index is -4.69. The third kappa shape index (κ3) is 58.4. The van der Waals surface area contributed by atoms with Gasteiger partial charge in [-0.2, -0.15) is 0 Å². The number of carbonyl (C=O) groups is 1. The first kappa shape index (κ1) is 74.9. The topological polar surface area (TPSA) is 128 Å². The number of phosphoric acid groups is 1. The van der Waals surface area contributed by atoms with E-state index in [0.717, 1.165) is 64.2 Å². The molecular weight excluding hydrogens is 976 g/mol. The van der Waals surface area contributed by atoms with Gasteiger partial charge in [0.1, 0.15) is 19.3 Å². The first-order chi connectivity index (χ1) is 37.4. The van der Waals surface area contributed by atoms with Crippen molar-refractivity contribution >= 4 is 13.7 Å². The number of aliphatic hydroxyl groups is 2. The summed E-state index contributed by atoms with van der Waals surface area (Å²) in [6.45, 7) is 4.20. The van der Waals surface area contributed by atoms with E-state index in [0.29, 0.717) is 30.3 Å². The van der Waals surface area contributed by atoms with Crippen LogP contribution >= 0.6 is 7.82 Å². The lowest BCUT2D eigenvalue weighted by atomic mass is 10.0. The van der Waals surface area contributed by atoms with Crippen molar-refractivity contribution in [2.24, 2.45) is 0 Å². The molecule has 0 fully saturated rings. The summed E-state index contributed by atoms with van der Waals surface area (Å²) in [4.78, 5) is 25.5. The number of phosphoric ester groups is 1. The number of hydrogen-bond donors (Lipinski definition) is 3. The quantitative estimate of drug-likeness (QED) is 0.0239. The van der Waals surface area contributed by atoms with E-state index in [-0.39, 0.29) is 18.9 Å². The van der Waals surface area contributed by atoms with Crippen LogP contribution in [-0.2, 0) is 18.4 Å². The number of rotatable bonds is 59. The Morgan fingerprint density at radius 3 is 1.26 bits per heavy atom. The third-order valence-corrected chi connectivity index (χ3v) is 15.5. The molecule has 0 aromatic carbocycles. The Balaban J connectivity index is 3.91. The summed E-state index contributed by atoms with van der Waals surface area (Å²) >= 11 is 0. The maximum atomic E-state index is 13.0. The largest absolute Gasteiger partial charge is 0.756 e. The maximum absolute atomic E-state index is 13.0. The second-order valence-electron chi connectivity index (χ2n) is 23.2. The Morgan fingerprint density at radius 1 is 0.494 bits per heavy atom. The lowest BCUT2D eigenvalue weighted by Gasteiger charge is -2.31. The molecule has 0 heterocycles. The van der Waals surface area contributed by atoms with E-state index in [1.165, 1.54) is 186 Å². The molecule has 0 radical (unpaired) electrons. The smallest absolute Gasteiger partial charge is 0.268 e. The maximum Gasteiger partial charge on any atom is 0.268 e. The van der Waals surface area contributed by atoms with Crippen LogP contribution in [0.3, 0.4) is 0 Å². The number of unbranched alkanes of at least 4 members (excludes halogenated alkanes) is 34. The van der Waals surface area contributed by atoms with Gasteiger partial charge in [0.25, 0.3) is 7.82 Å². The summed E-state index contributed by atoms with van der Waals surface area (Å²) in [6, 6.07) is -1.10. The van der Waals surface area contributed by atoms with Gasteiger partial charge in [-0.05, 0) is 96.8 Å². The molecular formula is C67H125N2O7P. The average molecular weight is 1100 g/mol. The van der Waals surface area contributed by atoms with Crippen molar-refractivity contribution < 1.29 is 38.0 Å². The second kappa shape index (κ2) is 57.1. The SMILES string of the molecule is C/C=C/CC/C=C/CC/C=C/CCCC(O)C(O)C(COP(=O)([O-])OCC[N+](C)(C)C)NC(=O)CCCCCCCCCCCCCCCCCCCCCCCCCCCC/C=C\C/C=C\C/C=C\CCCCCCC. The van der Waals surface area contributed by atoms with Gasteiger partial charge in [-0.15, -0.1) is 0 Å². The van der Waals surface area contributed by atoms with E-state index in [1.54, 1.807) is 0 Å². The van der Waals surface area contributed by atoms with E-state index < -0.39 is 32.7 Å². The van der Waals surface area contributed by atoms with E-state index in [2.05, 4.69) is 85.2 Å². The van der Waals surface area contributed by atoms with Crippen LogP contribution in [0.2, 0.25) is 0 Å². The normalized spacial score (nSPS) is 14.6. The first-order valence-electron chi connectivity index (χ1n) is 32.3. The van der Waals surface area contributed by atoms with Gasteiger partial charge < -0.3 is 34.0 Å². The standard InChI is InChI=1S/C67H125N2O7P/c1-6-8-10-12-14-16-18-20-21-22-23-24-25-26-27-28-29-30-31-32-33-34-35-36-37-38-39-40-41-42-43-44-45-46-47-48-50-52-54-56-58-60-66(71)68-64(63-76-77(73,74)75-62-61-69(3,4)5)67(72)65(70)59-57-55-53-51-49-19-17-15-13-11-9-7-2/h7,9,15,17-18,20,22-23,25-26,51,53,64-65,67,70,72H,6,8,10-14,16,19,21,24,27-50,52,54-63H2,1-5H3,(H-,68,71,73,74)/b9-7+,17-15+,20-18-,23-22-,26-25-,53-51+. The molecule has 0 aliphatic carbocycles. The molecule has 4 atom stereocenters. The first-order valence-corrected chi connectivity index (χ1v) is 33.8. The molecule has 0 aromatic rings. The number of allylic oxidation sites excluding steroid dienone is 12. The molecule has 0 saturated heterocycles. The zero-order chi connectivity index (χ0) is 56.4. The Morgan fingerprint density at radius 2 is 0.844 bits per heavy atom. The predicted octanol–water partition coefficient (Wildman–Crippen LogP) is 18.6. The van der Waals surface area contributed by atoms with Gasteiger partial charge in [0.05, 0.1) is 39.9 Å². The summed E-state index contributed by atoms with van der Waals surface area (Å²) in [7, 11) is 1.10. The number of quaternary nitrogens is 1. The molecule has 4 unspecified atom stereocenters. The van der Waals surface area contributed by atoms with Crippen molar-refractivity contribution in [3.63, 3.8) is 0 Å². The van der Waals surface area contributed by atoms with Crippen LogP contribution in [-0.4, -0.2) is 79.8 Å². The Kier molecular flexibility index (Phi) is 55.6. The van der Waals surface area contributed by atoms with Crippen molar-refractivity contribution in [1.82, 2.24) is 5.32 Å². The number of nitrogens with one attached hydrogen (secondary N) is 1. The van der Waals surface area contributed by atoms with Crippen LogP contribution in [0, 0.1) is 0 Å². The molecule has 0 rings (SSSR count). The highest BCUT2D eigenvalue weighted by molar-refractivity contribution is 7.45. The van der Waals surface area contributed by atoms with Gasteiger partial charge in [-0.25, -0.2) is 0 Å². The van der Waals surface area contributed by atoms with E-state index >= 15 is 0 Å². The number of carbonyl (C=O) groups excluding carboxylic acids is 1. The van der Waals surface area contributed by atoms with Crippen LogP contribution in [0.25, 0.3) is 0 Å². The number of aliphatic hydroxyl groups excluding tert-OH is 2. The predicted molar refractivity (Wildman–Crippen MR) is 331 cm³/mol. The molecule has 0 spiro atoms. The van der Waals surface area contributed by atoms with Crippen LogP contribution in [0.5, 0.6) is 0 Å². The van der Waals surface area contributed by atoms with Crippen molar-refractivity contribution in [2.75, 3.05) is 40.9 Å². The fourth-order valence-electron chi connectivity index (χ4n) is 9.48. The number of hydrogen-bond acceptors (Lipinski definition) is 7. The van der Waals surface area contributed by atoms with Crippen molar-refractivity contribution in [2.45, 2.75) is 308 Å². The number of nitrogens with zero attached hydrogens (tertiary/aromatic N) is 1. The molecule has 0 aliphatic rings. The molecule has 0 saturated carbocycles. The third-order valence-electron chi connectivity index (χ3n) is 14.6. The molecule has 3 N–H and O–H groups in total. The molecule has 77 heavy (non-hydrogen) atoms. The summed E-state index contributed by atoms with van der Waals surface area (Å²) in [5.74, 6) is -0.292. The zero-order valence-corrected chi connectivity index (χ0v) is 51.9. The monoisotopic (exact) mass is 1100 g/mol. The van der Waals surface area contributed by atoms with Crippen LogP contribution < -0.4 is 10.2 Å².